The van der Waals surface area contributed by atoms with Gasteiger partial charge in [0.05, 0.1) is 11.7 Å². The number of nitrogens with zero attached hydrogens (tertiary/aromatic N) is 2. The van der Waals surface area contributed by atoms with Crippen LogP contribution in [0.3, 0.4) is 0 Å². The molecule has 0 aliphatic rings. The van der Waals surface area contributed by atoms with Crippen molar-refractivity contribution in [1.29, 1.82) is 0 Å². The second kappa shape index (κ2) is 6.20. The number of aliphatic hydroxyl groups is 1. The molecule has 0 fully saturated rings. The van der Waals surface area contributed by atoms with Crippen LogP contribution >= 0.6 is 0 Å². The van der Waals surface area contributed by atoms with Crippen molar-refractivity contribution in [3.05, 3.63) is 34.8 Å². The normalized spacial score (nSPS) is 13.2. The highest BCUT2D eigenvalue weighted by Crippen LogP contribution is 2.21. The van der Waals surface area contributed by atoms with Crippen LogP contribution in [-0.2, 0) is 0 Å². The Labute approximate surface area is 136 Å². The van der Waals surface area contributed by atoms with Crippen molar-refractivity contribution in [2.45, 2.75) is 47.6 Å². The molecule has 2 aromatic heterocycles. The first-order valence-electron chi connectivity index (χ1n) is 7.70. The van der Waals surface area contributed by atoms with Gasteiger partial charge in [0.2, 0.25) is 0 Å². The van der Waals surface area contributed by atoms with E-state index >= 15 is 0 Å². The van der Waals surface area contributed by atoms with Gasteiger partial charge >= 0.3 is 0 Å². The summed E-state index contributed by atoms with van der Waals surface area (Å²) in [7, 11) is 0. The summed E-state index contributed by atoms with van der Waals surface area (Å²) in [4.78, 5) is 12.4. The smallest absolute Gasteiger partial charge is 0.253 e. The molecular weight excluding hydrogens is 294 g/mol. The number of aromatic nitrogens is 2. The van der Waals surface area contributed by atoms with Crippen molar-refractivity contribution < 1.29 is 14.4 Å². The molecule has 126 valence electrons. The van der Waals surface area contributed by atoms with Crippen LogP contribution in [0.5, 0.6) is 0 Å². The molecule has 23 heavy (non-hydrogen) atoms. The van der Waals surface area contributed by atoms with Crippen molar-refractivity contribution in [1.82, 2.24) is 15.0 Å². The lowest BCUT2D eigenvalue weighted by Crippen LogP contribution is -2.39. The van der Waals surface area contributed by atoms with Crippen LogP contribution in [0.25, 0.3) is 5.82 Å². The zero-order valence-corrected chi connectivity index (χ0v) is 14.6. The Hall–Kier alpha value is -2.08. The quantitative estimate of drug-likeness (QED) is 0.907. The molecule has 0 radical (unpaired) electrons. The van der Waals surface area contributed by atoms with Crippen molar-refractivity contribution in [2.24, 2.45) is 5.41 Å². The maximum Gasteiger partial charge on any atom is 0.253 e. The highest BCUT2D eigenvalue weighted by Gasteiger charge is 2.24. The average molecular weight is 319 g/mol. The van der Waals surface area contributed by atoms with Crippen LogP contribution in [0.4, 0.5) is 0 Å². The molecule has 2 N–H and O–H groups in total. The predicted octanol–water partition coefficient (Wildman–Crippen LogP) is 2.53. The number of carbonyl (C=O) groups is 1. The van der Waals surface area contributed by atoms with Crippen LogP contribution in [-0.4, -0.2) is 33.4 Å². The van der Waals surface area contributed by atoms with Gasteiger partial charge < -0.3 is 14.9 Å². The van der Waals surface area contributed by atoms with Crippen LogP contribution in [0.2, 0.25) is 0 Å². The van der Waals surface area contributed by atoms with Crippen LogP contribution in [0, 0.1) is 26.2 Å². The molecule has 0 saturated carbocycles. The third-order valence-corrected chi connectivity index (χ3v) is 3.98. The van der Waals surface area contributed by atoms with E-state index < -0.39 is 6.10 Å². The van der Waals surface area contributed by atoms with Crippen LogP contribution < -0.4 is 5.32 Å². The van der Waals surface area contributed by atoms with E-state index in [-0.39, 0.29) is 17.9 Å². The number of carbonyl (C=O) groups excluding carboxylic acids is 1. The number of rotatable bonds is 4. The number of amides is 1. The first-order chi connectivity index (χ1) is 10.6. The summed E-state index contributed by atoms with van der Waals surface area (Å²) in [5, 5.41) is 16.8. The fraction of sp³-hybridized carbons (Fsp3) is 0.529. The van der Waals surface area contributed by atoms with Gasteiger partial charge in [0.1, 0.15) is 5.76 Å². The number of hydrogen-bond acceptors (Lipinski definition) is 4. The number of nitrogens with one attached hydrogen (secondary N) is 1. The summed E-state index contributed by atoms with van der Waals surface area (Å²) in [5.74, 6) is 1.17. The lowest BCUT2D eigenvalue weighted by molar-refractivity contribution is 0.0586. The number of aliphatic hydroxyl groups excluding tert-OH is 1. The number of hydrogen-bond donors (Lipinski definition) is 2. The van der Waals surface area contributed by atoms with Gasteiger partial charge in [-0.1, -0.05) is 25.9 Å². The van der Waals surface area contributed by atoms with E-state index in [0.29, 0.717) is 17.1 Å². The molecular formula is C17H25N3O3. The predicted molar refractivity (Wildman–Crippen MR) is 87.8 cm³/mol. The summed E-state index contributed by atoms with van der Waals surface area (Å²) in [5.41, 5.74) is 1.99. The summed E-state index contributed by atoms with van der Waals surface area (Å²) in [6.45, 7) is 11.6. The van der Waals surface area contributed by atoms with E-state index in [9.17, 15) is 9.90 Å². The molecule has 0 bridgehead atoms. The summed E-state index contributed by atoms with van der Waals surface area (Å²) < 4.78 is 6.99. The fourth-order valence-corrected chi connectivity index (χ4v) is 2.39. The zero-order valence-electron chi connectivity index (χ0n) is 14.6. The van der Waals surface area contributed by atoms with Gasteiger partial charge in [-0.15, -0.1) is 0 Å². The largest absolute Gasteiger partial charge is 0.391 e. The number of aryl methyl sites for hydroxylation is 2. The maximum absolute atomic E-state index is 12.4. The summed E-state index contributed by atoms with van der Waals surface area (Å²) >= 11 is 0. The Kier molecular flexibility index (Phi) is 4.66. The topological polar surface area (TPSA) is 80.3 Å². The Morgan fingerprint density at radius 3 is 2.52 bits per heavy atom. The molecule has 0 aliphatic heterocycles. The lowest BCUT2D eigenvalue weighted by atomic mass is 9.89. The zero-order chi connectivity index (χ0) is 17.4. The summed E-state index contributed by atoms with van der Waals surface area (Å²) in [6, 6.07) is 3.64. The minimum Gasteiger partial charge on any atom is -0.391 e. The van der Waals surface area contributed by atoms with Gasteiger partial charge in [-0.3, -0.25) is 9.36 Å². The third kappa shape index (κ3) is 3.64. The summed E-state index contributed by atoms with van der Waals surface area (Å²) in [6.07, 6.45) is -0.604. The third-order valence-electron chi connectivity index (χ3n) is 3.98. The molecule has 1 unspecified atom stereocenters. The highest BCUT2D eigenvalue weighted by molar-refractivity contribution is 5.95. The van der Waals surface area contributed by atoms with E-state index in [1.165, 1.54) is 0 Å². The van der Waals surface area contributed by atoms with E-state index in [2.05, 4.69) is 10.5 Å². The minimum atomic E-state index is -0.604. The molecule has 6 nitrogen and oxygen atoms in total. The molecule has 2 rings (SSSR count). The first kappa shape index (κ1) is 17.3. The Morgan fingerprint density at radius 1 is 1.35 bits per heavy atom. The molecule has 0 aromatic carbocycles. The Balaban J connectivity index is 2.20. The minimum absolute atomic E-state index is 0.201. The Bertz CT molecular complexity index is 707. The molecule has 0 aliphatic carbocycles. The van der Waals surface area contributed by atoms with Crippen LogP contribution in [0.1, 0.15) is 48.3 Å². The van der Waals surface area contributed by atoms with Crippen molar-refractivity contribution >= 4 is 5.91 Å². The Morgan fingerprint density at radius 2 is 2.00 bits per heavy atom. The molecule has 2 aromatic rings. The van der Waals surface area contributed by atoms with E-state index in [1.807, 2.05) is 58.2 Å². The second-order valence-electron chi connectivity index (χ2n) is 7.01. The maximum atomic E-state index is 12.4. The van der Waals surface area contributed by atoms with Gasteiger partial charge in [0.25, 0.3) is 5.91 Å². The SMILES string of the molecule is Cc1cc(-n2c(C)cc(C(=O)NCC(O)C(C)(C)C)c2C)no1. The highest BCUT2D eigenvalue weighted by atomic mass is 16.5. The molecule has 1 amide bonds. The standard InChI is InChI=1S/C17H25N3O3/c1-10-7-13(16(22)18-9-14(21)17(4,5)6)12(3)20(10)15-8-11(2)23-19-15/h7-8,14,21H,9H2,1-6H3,(H,18,22). The molecule has 0 spiro atoms. The molecule has 6 heteroatoms. The van der Waals surface area contributed by atoms with Gasteiger partial charge in [-0.2, -0.15) is 0 Å². The van der Waals surface area contributed by atoms with E-state index in [0.717, 1.165) is 11.4 Å². The van der Waals surface area contributed by atoms with Crippen molar-refractivity contribution in [3.63, 3.8) is 0 Å². The fourth-order valence-electron chi connectivity index (χ4n) is 2.39. The first-order valence-corrected chi connectivity index (χ1v) is 7.70. The second-order valence-corrected chi connectivity index (χ2v) is 7.01. The van der Waals surface area contributed by atoms with Gasteiger partial charge in [0, 0.05) is 24.0 Å². The van der Waals surface area contributed by atoms with Gasteiger partial charge in [-0.05, 0) is 32.3 Å². The van der Waals surface area contributed by atoms with Gasteiger partial charge in [-0.25, -0.2) is 0 Å². The monoisotopic (exact) mass is 319 g/mol. The van der Waals surface area contributed by atoms with Crippen LogP contribution in [0.15, 0.2) is 16.7 Å². The molecule has 1 atom stereocenters. The average Bonchev–Trinajstić information content (AvgIpc) is 2.98. The van der Waals surface area contributed by atoms with Gasteiger partial charge in [0.15, 0.2) is 5.82 Å². The van der Waals surface area contributed by atoms with E-state index in [1.54, 1.807) is 0 Å². The lowest BCUT2D eigenvalue weighted by Gasteiger charge is -2.25. The van der Waals surface area contributed by atoms with Crippen molar-refractivity contribution in [3.8, 4) is 5.82 Å². The van der Waals surface area contributed by atoms with E-state index in [4.69, 9.17) is 4.52 Å². The molecule has 0 saturated heterocycles. The van der Waals surface area contributed by atoms with Crippen molar-refractivity contribution in [2.75, 3.05) is 6.54 Å². The molecule has 2 heterocycles.